The molecule has 1 N–H and O–H groups in total. The van der Waals surface area contributed by atoms with Gasteiger partial charge in [-0.25, -0.2) is 0 Å². The van der Waals surface area contributed by atoms with Crippen molar-refractivity contribution in [3.8, 4) is 0 Å². The average molecular weight is 428 g/mol. The Hall–Kier alpha value is -2.44. The third-order valence-corrected chi connectivity index (χ3v) is 6.57. The predicted octanol–water partition coefficient (Wildman–Crippen LogP) is 2.99. The summed E-state index contributed by atoms with van der Waals surface area (Å²) in [5.74, 6) is -0.364. The molecular formula is C23H26ClN3O3. The Morgan fingerprint density at radius 1 is 0.967 bits per heavy atom. The van der Waals surface area contributed by atoms with E-state index in [2.05, 4.69) is 10.2 Å². The lowest BCUT2D eigenvalue weighted by Crippen LogP contribution is -2.43. The van der Waals surface area contributed by atoms with Crippen molar-refractivity contribution in [1.29, 1.82) is 0 Å². The molecule has 158 valence electrons. The molecule has 7 heteroatoms. The summed E-state index contributed by atoms with van der Waals surface area (Å²) in [5.41, 5.74) is 1.14. The quantitative estimate of drug-likeness (QED) is 0.761. The van der Waals surface area contributed by atoms with Crippen molar-refractivity contribution in [3.05, 3.63) is 47.5 Å². The first-order valence-electron chi connectivity index (χ1n) is 10.5. The molecule has 2 unspecified atom stereocenters. The normalized spacial score (nSPS) is 22.8. The number of amides is 3. The molecule has 2 bridgehead atoms. The van der Waals surface area contributed by atoms with Crippen LogP contribution in [0, 0.1) is 0 Å². The highest BCUT2D eigenvalue weighted by Crippen LogP contribution is 2.31. The molecule has 0 saturated carbocycles. The summed E-state index contributed by atoms with van der Waals surface area (Å²) in [6.07, 6.45) is 4.02. The average Bonchev–Trinajstić information content (AvgIpc) is 3.01. The molecule has 3 aliphatic heterocycles. The van der Waals surface area contributed by atoms with Gasteiger partial charge in [0.2, 0.25) is 5.91 Å². The zero-order valence-corrected chi connectivity index (χ0v) is 17.6. The minimum absolute atomic E-state index is 0. The van der Waals surface area contributed by atoms with Crippen LogP contribution in [0.3, 0.4) is 0 Å². The van der Waals surface area contributed by atoms with Gasteiger partial charge in [0, 0.05) is 48.1 Å². The maximum absolute atomic E-state index is 13.0. The molecule has 2 aromatic rings. The fourth-order valence-electron chi connectivity index (χ4n) is 5.19. The van der Waals surface area contributed by atoms with Crippen LogP contribution >= 0.6 is 12.4 Å². The minimum Gasteiger partial charge on any atom is -0.335 e. The maximum Gasteiger partial charge on any atom is 0.261 e. The first-order chi connectivity index (χ1) is 14.1. The van der Waals surface area contributed by atoms with E-state index >= 15 is 0 Å². The summed E-state index contributed by atoms with van der Waals surface area (Å²) >= 11 is 0. The number of halogens is 1. The van der Waals surface area contributed by atoms with E-state index in [1.54, 1.807) is 12.1 Å². The Kier molecular flexibility index (Phi) is 5.80. The van der Waals surface area contributed by atoms with Crippen molar-refractivity contribution < 1.29 is 14.4 Å². The van der Waals surface area contributed by atoms with E-state index in [0.717, 1.165) is 43.1 Å². The number of fused-ring (bicyclic) bond motifs is 2. The van der Waals surface area contributed by atoms with Crippen molar-refractivity contribution >= 4 is 40.9 Å². The molecule has 30 heavy (non-hydrogen) atoms. The van der Waals surface area contributed by atoms with Gasteiger partial charge < -0.3 is 10.2 Å². The highest BCUT2D eigenvalue weighted by Gasteiger charge is 2.38. The van der Waals surface area contributed by atoms with E-state index in [0.29, 0.717) is 30.0 Å². The first-order valence-corrected chi connectivity index (χ1v) is 10.5. The summed E-state index contributed by atoms with van der Waals surface area (Å²) in [4.78, 5) is 42.2. The Morgan fingerprint density at radius 2 is 1.63 bits per heavy atom. The molecule has 2 fully saturated rings. The molecular weight excluding hydrogens is 402 g/mol. The molecule has 3 aliphatic rings. The summed E-state index contributed by atoms with van der Waals surface area (Å²) in [7, 11) is 0. The van der Waals surface area contributed by atoms with E-state index in [4.69, 9.17) is 0 Å². The summed E-state index contributed by atoms with van der Waals surface area (Å²) < 4.78 is 0. The number of nitrogens with one attached hydrogen (secondary N) is 1. The third kappa shape index (κ3) is 3.38. The molecule has 3 amide bonds. The number of hydrogen-bond donors (Lipinski definition) is 1. The molecule has 0 aliphatic carbocycles. The Bertz CT molecular complexity index is 944. The van der Waals surface area contributed by atoms with Crippen molar-refractivity contribution in [1.82, 2.24) is 15.1 Å². The van der Waals surface area contributed by atoms with Crippen LogP contribution < -0.4 is 5.32 Å². The summed E-state index contributed by atoms with van der Waals surface area (Å²) in [6.45, 7) is 2.11. The number of rotatable bonds is 4. The van der Waals surface area contributed by atoms with Gasteiger partial charge in [-0.1, -0.05) is 24.3 Å². The van der Waals surface area contributed by atoms with Crippen LogP contribution in [-0.2, 0) is 4.79 Å². The van der Waals surface area contributed by atoms with Gasteiger partial charge in [-0.3, -0.25) is 19.3 Å². The lowest BCUT2D eigenvalue weighted by Gasteiger charge is -2.29. The van der Waals surface area contributed by atoms with E-state index in [1.807, 2.05) is 24.3 Å². The Labute approximate surface area is 182 Å². The number of imide groups is 1. The van der Waals surface area contributed by atoms with Crippen LogP contribution in [0.25, 0.3) is 10.8 Å². The summed E-state index contributed by atoms with van der Waals surface area (Å²) in [6, 6.07) is 11.7. The second-order valence-electron chi connectivity index (χ2n) is 8.25. The lowest BCUT2D eigenvalue weighted by molar-refractivity contribution is -0.133. The summed E-state index contributed by atoms with van der Waals surface area (Å²) in [5, 5.41) is 5.06. The highest BCUT2D eigenvalue weighted by atomic mass is 35.5. The fraction of sp³-hybridized carbons (Fsp3) is 0.435. The van der Waals surface area contributed by atoms with Crippen molar-refractivity contribution in [2.24, 2.45) is 0 Å². The molecule has 2 atom stereocenters. The van der Waals surface area contributed by atoms with Gasteiger partial charge in [-0.2, -0.15) is 0 Å². The maximum atomic E-state index is 13.0. The fourth-order valence-corrected chi connectivity index (χ4v) is 5.19. The van der Waals surface area contributed by atoms with Gasteiger partial charge >= 0.3 is 0 Å². The smallest absolute Gasteiger partial charge is 0.261 e. The number of nitrogens with zero attached hydrogens (tertiary/aromatic N) is 2. The van der Waals surface area contributed by atoms with E-state index in [-0.39, 0.29) is 42.7 Å². The van der Waals surface area contributed by atoms with Gasteiger partial charge in [0.15, 0.2) is 0 Å². The van der Waals surface area contributed by atoms with E-state index in [1.165, 1.54) is 4.90 Å². The van der Waals surface area contributed by atoms with Crippen LogP contribution in [0.4, 0.5) is 0 Å². The molecule has 6 nitrogen and oxygen atoms in total. The van der Waals surface area contributed by atoms with Crippen LogP contribution in [0.5, 0.6) is 0 Å². The molecule has 0 aromatic heterocycles. The number of carbonyl (C=O) groups is 3. The molecule has 0 spiro atoms. The highest BCUT2D eigenvalue weighted by molar-refractivity contribution is 6.25. The molecule has 3 heterocycles. The largest absolute Gasteiger partial charge is 0.335 e. The molecule has 2 aromatic carbocycles. The SMILES string of the molecule is Cl.O=C1c2cccc3cccc(c23)C(=O)N1CCCC(=O)N1C2CCNCC1CC2. The monoisotopic (exact) mass is 427 g/mol. The second kappa shape index (κ2) is 8.36. The van der Waals surface area contributed by atoms with Crippen LogP contribution in [0.1, 0.15) is 52.8 Å². The van der Waals surface area contributed by atoms with Crippen molar-refractivity contribution in [2.75, 3.05) is 19.6 Å². The second-order valence-corrected chi connectivity index (χ2v) is 8.25. The zero-order chi connectivity index (χ0) is 20.0. The number of hydrogen-bond acceptors (Lipinski definition) is 4. The van der Waals surface area contributed by atoms with Gasteiger partial charge in [-0.15, -0.1) is 12.4 Å². The van der Waals surface area contributed by atoms with E-state index < -0.39 is 0 Å². The van der Waals surface area contributed by atoms with E-state index in [9.17, 15) is 14.4 Å². The van der Waals surface area contributed by atoms with Crippen molar-refractivity contribution in [2.45, 2.75) is 44.2 Å². The van der Waals surface area contributed by atoms with Gasteiger partial charge in [-0.05, 0) is 49.7 Å². The van der Waals surface area contributed by atoms with Crippen molar-refractivity contribution in [3.63, 3.8) is 0 Å². The van der Waals surface area contributed by atoms with Gasteiger partial charge in [0.1, 0.15) is 0 Å². The van der Waals surface area contributed by atoms with Crippen LogP contribution in [0.2, 0.25) is 0 Å². The molecule has 0 radical (unpaired) electrons. The minimum atomic E-state index is -0.259. The molecule has 2 saturated heterocycles. The predicted molar refractivity (Wildman–Crippen MR) is 117 cm³/mol. The molecule has 5 rings (SSSR count). The Morgan fingerprint density at radius 3 is 2.33 bits per heavy atom. The van der Waals surface area contributed by atoms with Gasteiger partial charge in [0.05, 0.1) is 0 Å². The van der Waals surface area contributed by atoms with Crippen LogP contribution in [0.15, 0.2) is 36.4 Å². The van der Waals surface area contributed by atoms with Gasteiger partial charge in [0.25, 0.3) is 11.8 Å². The standard InChI is InChI=1S/C23H25N3O3.ClH/c27-20(26-16-9-10-17(26)14-24-12-11-16)8-3-13-25-22(28)18-6-1-4-15-5-2-7-19(21(15)18)23(25)29;/h1-2,4-7,16-17,24H,3,8-14H2;1H. The lowest BCUT2D eigenvalue weighted by atomic mass is 9.94. The number of benzene rings is 2. The Balaban J connectivity index is 0.00000218. The topological polar surface area (TPSA) is 69.7 Å². The zero-order valence-electron chi connectivity index (χ0n) is 16.8. The van der Waals surface area contributed by atoms with Crippen LogP contribution in [-0.4, -0.2) is 59.2 Å². The number of carbonyl (C=O) groups excluding carboxylic acids is 3. The first kappa shape index (κ1) is 20.8. The third-order valence-electron chi connectivity index (χ3n) is 6.57.